The molecule has 0 aliphatic carbocycles. The Morgan fingerprint density at radius 1 is 1.26 bits per heavy atom. The molecular formula is C13H11ClFN3O. The van der Waals surface area contributed by atoms with Crippen LogP contribution in [0.5, 0.6) is 0 Å². The van der Waals surface area contributed by atoms with Crippen LogP contribution >= 0.6 is 11.6 Å². The van der Waals surface area contributed by atoms with Gasteiger partial charge in [0.1, 0.15) is 5.82 Å². The number of hydrogen-bond donors (Lipinski definition) is 3. The molecule has 0 radical (unpaired) electrons. The van der Waals surface area contributed by atoms with Crippen LogP contribution in [0.3, 0.4) is 0 Å². The van der Waals surface area contributed by atoms with Crippen molar-refractivity contribution < 1.29 is 9.18 Å². The molecule has 0 aliphatic heterocycles. The average molecular weight is 280 g/mol. The zero-order valence-electron chi connectivity index (χ0n) is 9.78. The summed E-state index contributed by atoms with van der Waals surface area (Å²) >= 11 is 5.80. The van der Waals surface area contributed by atoms with E-state index >= 15 is 0 Å². The molecule has 0 unspecified atom stereocenters. The standard InChI is InChI=1S/C13H11ClFN3O/c14-7-4-5-9(15)11(6-7)18-12-8(13(17)19)2-1-3-10(12)16/h1-6,18H,16H2,(H2,17,19). The molecular weight excluding hydrogens is 269 g/mol. The third-order valence-electron chi connectivity index (χ3n) is 2.55. The fraction of sp³-hybridized carbons (Fsp3) is 0. The molecule has 0 saturated carbocycles. The van der Waals surface area contributed by atoms with Gasteiger partial charge in [0.2, 0.25) is 0 Å². The van der Waals surface area contributed by atoms with E-state index < -0.39 is 11.7 Å². The van der Waals surface area contributed by atoms with Crippen LogP contribution in [0, 0.1) is 5.82 Å². The first-order valence-electron chi connectivity index (χ1n) is 5.39. The molecule has 98 valence electrons. The first kappa shape index (κ1) is 13.2. The number of para-hydroxylation sites is 1. The molecule has 0 atom stereocenters. The highest BCUT2D eigenvalue weighted by Crippen LogP contribution is 2.29. The third-order valence-corrected chi connectivity index (χ3v) is 2.79. The average Bonchev–Trinajstić information content (AvgIpc) is 2.35. The second-order valence-electron chi connectivity index (χ2n) is 3.88. The fourth-order valence-electron chi connectivity index (χ4n) is 1.64. The van der Waals surface area contributed by atoms with Crippen molar-refractivity contribution in [2.24, 2.45) is 5.73 Å². The normalized spacial score (nSPS) is 10.2. The number of primary amides is 1. The molecule has 0 spiro atoms. The van der Waals surface area contributed by atoms with E-state index in [2.05, 4.69) is 5.32 Å². The van der Waals surface area contributed by atoms with E-state index in [9.17, 15) is 9.18 Å². The number of hydrogen-bond acceptors (Lipinski definition) is 3. The molecule has 6 heteroatoms. The lowest BCUT2D eigenvalue weighted by Gasteiger charge is -2.13. The van der Waals surface area contributed by atoms with Gasteiger partial charge in [0.15, 0.2) is 0 Å². The molecule has 19 heavy (non-hydrogen) atoms. The van der Waals surface area contributed by atoms with Gasteiger partial charge in [0, 0.05) is 5.02 Å². The minimum atomic E-state index is -0.655. The summed E-state index contributed by atoms with van der Waals surface area (Å²) in [4.78, 5) is 11.3. The quantitative estimate of drug-likeness (QED) is 0.756. The highest BCUT2D eigenvalue weighted by Gasteiger charge is 2.13. The maximum atomic E-state index is 13.6. The maximum Gasteiger partial charge on any atom is 0.250 e. The van der Waals surface area contributed by atoms with Crippen LogP contribution in [0.2, 0.25) is 5.02 Å². The summed E-state index contributed by atoms with van der Waals surface area (Å²) < 4.78 is 13.6. The van der Waals surface area contributed by atoms with E-state index in [1.807, 2.05) is 0 Å². The van der Waals surface area contributed by atoms with Crippen LogP contribution in [-0.4, -0.2) is 5.91 Å². The van der Waals surface area contributed by atoms with Gasteiger partial charge in [-0.1, -0.05) is 17.7 Å². The number of halogens is 2. The monoisotopic (exact) mass is 279 g/mol. The van der Waals surface area contributed by atoms with E-state index in [-0.39, 0.29) is 22.6 Å². The third kappa shape index (κ3) is 2.77. The Morgan fingerprint density at radius 3 is 2.68 bits per heavy atom. The number of nitrogens with two attached hydrogens (primary N) is 2. The molecule has 2 aromatic rings. The molecule has 0 aliphatic rings. The van der Waals surface area contributed by atoms with Crippen molar-refractivity contribution in [1.29, 1.82) is 0 Å². The molecule has 5 N–H and O–H groups in total. The first-order valence-corrected chi connectivity index (χ1v) is 5.77. The summed E-state index contributed by atoms with van der Waals surface area (Å²) in [7, 11) is 0. The minimum absolute atomic E-state index is 0.118. The van der Waals surface area contributed by atoms with Gasteiger partial charge < -0.3 is 16.8 Å². The largest absolute Gasteiger partial charge is 0.397 e. The van der Waals surface area contributed by atoms with Crippen LogP contribution in [0.15, 0.2) is 36.4 Å². The molecule has 4 nitrogen and oxygen atoms in total. The topological polar surface area (TPSA) is 81.1 Å². The fourth-order valence-corrected chi connectivity index (χ4v) is 1.82. The van der Waals surface area contributed by atoms with Crippen molar-refractivity contribution in [2.75, 3.05) is 11.1 Å². The number of nitrogen functional groups attached to an aromatic ring is 1. The Labute approximate surface area is 114 Å². The SMILES string of the molecule is NC(=O)c1cccc(N)c1Nc1cc(Cl)ccc1F. The minimum Gasteiger partial charge on any atom is -0.397 e. The van der Waals surface area contributed by atoms with Crippen molar-refractivity contribution in [1.82, 2.24) is 0 Å². The van der Waals surface area contributed by atoms with Crippen molar-refractivity contribution in [3.05, 3.63) is 52.8 Å². The van der Waals surface area contributed by atoms with Crippen LogP contribution in [0.1, 0.15) is 10.4 Å². The second-order valence-corrected chi connectivity index (χ2v) is 4.32. The van der Waals surface area contributed by atoms with Crippen LogP contribution in [0.4, 0.5) is 21.5 Å². The first-order chi connectivity index (χ1) is 8.99. The summed E-state index contributed by atoms with van der Waals surface area (Å²) in [6, 6.07) is 8.71. The summed E-state index contributed by atoms with van der Waals surface area (Å²) in [6.45, 7) is 0. The maximum absolute atomic E-state index is 13.6. The number of nitrogens with one attached hydrogen (secondary N) is 1. The lowest BCUT2D eigenvalue weighted by Crippen LogP contribution is -2.14. The van der Waals surface area contributed by atoms with Gasteiger partial charge >= 0.3 is 0 Å². The number of carbonyl (C=O) groups is 1. The Bertz CT molecular complexity index is 646. The molecule has 0 bridgehead atoms. The van der Waals surface area contributed by atoms with E-state index in [1.54, 1.807) is 12.1 Å². The lowest BCUT2D eigenvalue weighted by molar-refractivity contribution is 0.100. The predicted molar refractivity (Wildman–Crippen MR) is 74.1 cm³/mol. The van der Waals surface area contributed by atoms with Gasteiger partial charge in [-0.05, 0) is 30.3 Å². The highest BCUT2D eigenvalue weighted by molar-refractivity contribution is 6.30. The van der Waals surface area contributed by atoms with Crippen LogP contribution in [0.25, 0.3) is 0 Å². The summed E-state index contributed by atoms with van der Waals surface area (Å²) in [5.74, 6) is -1.17. The molecule has 1 amide bonds. The van der Waals surface area contributed by atoms with E-state index in [1.165, 1.54) is 24.3 Å². The van der Waals surface area contributed by atoms with Gasteiger partial charge in [-0.15, -0.1) is 0 Å². The Balaban J connectivity index is 2.49. The molecule has 0 heterocycles. The molecule has 2 aromatic carbocycles. The van der Waals surface area contributed by atoms with Gasteiger partial charge in [-0.25, -0.2) is 4.39 Å². The number of rotatable bonds is 3. The number of amides is 1. The van der Waals surface area contributed by atoms with Crippen molar-refractivity contribution >= 4 is 34.6 Å². The lowest BCUT2D eigenvalue weighted by atomic mass is 10.1. The second kappa shape index (κ2) is 5.16. The Hall–Kier alpha value is -2.27. The molecule has 0 aromatic heterocycles. The van der Waals surface area contributed by atoms with E-state index in [0.29, 0.717) is 5.02 Å². The Morgan fingerprint density at radius 2 is 2.00 bits per heavy atom. The zero-order valence-corrected chi connectivity index (χ0v) is 10.5. The highest BCUT2D eigenvalue weighted by atomic mass is 35.5. The molecule has 0 saturated heterocycles. The van der Waals surface area contributed by atoms with Gasteiger partial charge in [-0.2, -0.15) is 0 Å². The smallest absolute Gasteiger partial charge is 0.250 e. The Kier molecular flexibility index (Phi) is 3.57. The van der Waals surface area contributed by atoms with Crippen LogP contribution < -0.4 is 16.8 Å². The summed E-state index contributed by atoms with van der Waals surface area (Å²) in [5.41, 5.74) is 11.9. The van der Waals surface area contributed by atoms with Gasteiger partial charge in [-0.3, -0.25) is 4.79 Å². The van der Waals surface area contributed by atoms with Crippen molar-refractivity contribution in [3.63, 3.8) is 0 Å². The van der Waals surface area contributed by atoms with Gasteiger partial charge in [0.05, 0.1) is 22.6 Å². The predicted octanol–water partition coefficient (Wildman–Crippen LogP) is 2.90. The van der Waals surface area contributed by atoms with Crippen LogP contribution in [-0.2, 0) is 0 Å². The van der Waals surface area contributed by atoms with Crippen molar-refractivity contribution in [3.8, 4) is 0 Å². The molecule has 2 rings (SSSR count). The number of carbonyl (C=O) groups excluding carboxylic acids is 1. The molecule has 0 fully saturated rings. The van der Waals surface area contributed by atoms with Gasteiger partial charge in [0.25, 0.3) is 5.91 Å². The number of benzene rings is 2. The zero-order chi connectivity index (χ0) is 14.0. The van der Waals surface area contributed by atoms with E-state index in [4.69, 9.17) is 23.1 Å². The van der Waals surface area contributed by atoms with Crippen molar-refractivity contribution in [2.45, 2.75) is 0 Å². The summed E-state index contributed by atoms with van der Waals surface area (Å²) in [5, 5.41) is 3.11. The number of anilines is 3. The summed E-state index contributed by atoms with van der Waals surface area (Å²) in [6.07, 6.45) is 0. The van der Waals surface area contributed by atoms with E-state index in [0.717, 1.165) is 0 Å².